The third-order valence-corrected chi connectivity index (χ3v) is 3.32. The van der Waals surface area contributed by atoms with Crippen molar-refractivity contribution in [1.29, 1.82) is 0 Å². The summed E-state index contributed by atoms with van der Waals surface area (Å²) in [5, 5.41) is 0. The van der Waals surface area contributed by atoms with Crippen LogP contribution in [0.1, 0.15) is 24.2 Å². The van der Waals surface area contributed by atoms with Crippen molar-refractivity contribution in [3.63, 3.8) is 0 Å². The monoisotopic (exact) mass is 312 g/mol. The minimum atomic E-state index is -0.498. The zero-order valence-electron chi connectivity index (χ0n) is 13.2. The topological polar surface area (TPSA) is 72.6 Å². The number of hydrogen-bond donors (Lipinski definition) is 1. The van der Waals surface area contributed by atoms with Gasteiger partial charge in [0.25, 0.3) is 5.91 Å². The van der Waals surface area contributed by atoms with E-state index in [9.17, 15) is 9.59 Å². The zero-order valence-corrected chi connectivity index (χ0v) is 13.2. The maximum atomic E-state index is 12.5. The van der Waals surface area contributed by atoms with Gasteiger partial charge in [0.1, 0.15) is 5.75 Å². The number of carbonyl (C=O) groups excluding carboxylic acids is 2. The van der Waals surface area contributed by atoms with Crippen molar-refractivity contribution in [2.75, 3.05) is 11.5 Å². The van der Waals surface area contributed by atoms with E-state index in [2.05, 4.69) is 0 Å². The fourth-order valence-electron chi connectivity index (χ4n) is 2.25. The third kappa shape index (κ3) is 4.32. The number of benzene rings is 2. The standard InChI is InChI=1S/C18H20N2O3/c1-13(2)20(15-6-4-3-5-7-15)17(21)12-23-16-10-8-14(9-11-16)18(19)22/h3-11,13H,12H2,1-2H3,(H2,19,22). The lowest BCUT2D eigenvalue weighted by Crippen LogP contribution is -2.40. The highest BCUT2D eigenvalue weighted by Crippen LogP contribution is 2.18. The lowest BCUT2D eigenvalue weighted by Gasteiger charge is -2.26. The number of carbonyl (C=O) groups is 2. The first-order chi connectivity index (χ1) is 11.0. The van der Waals surface area contributed by atoms with Gasteiger partial charge in [0, 0.05) is 17.3 Å². The average molecular weight is 312 g/mol. The quantitative estimate of drug-likeness (QED) is 0.891. The molecule has 0 spiro atoms. The molecule has 0 radical (unpaired) electrons. The predicted molar refractivity (Wildman–Crippen MR) is 89.5 cm³/mol. The van der Waals surface area contributed by atoms with E-state index in [0.29, 0.717) is 11.3 Å². The molecule has 5 heteroatoms. The largest absolute Gasteiger partial charge is 0.484 e. The Balaban J connectivity index is 2.03. The summed E-state index contributed by atoms with van der Waals surface area (Å²) in [6, 6.07) is 15.9. The van der Waals surface area contributed by atoms with E-state index in [4.69, 9.17) is 10.5 Å². The van der Waals surface area contributed by atoms with Crippen LogP contribution >= 0.6 is 0 Å². The smallest absolute Gasteiger partial charge is 0.265 e. The van der Waals surface area contributed by atoms with Crippen LogP contribution in [0.2, 0.25) is 0 Å². The molecule has 0 bridgehead atoms. The van der Waals surface area contributed by atoms with Gasteiger partial charge in [0.05, 0.1) is 0 Å². The van der Waals surface area contributed by atoms with Gasteiger partial charge in [-0.25, -0.2) is 0 Å². The van der Waals surface area contributed by atoms with Gasteiger partial charge in [-0.2, -0.15) is 0 Å². The van der Waals surface area contributed by atoms with E-state index in [-0.39, 0.29) is 18.6 Å². The molecule has 0 saturated carbocycles. The number of nitrogens with two attached hydrogens (primary N) is 1. The van der Waals surface area contributed by atoms with E-state index in [1.54, 1.807) is 29.2 Å². The van der Waals surface area contributed by atoms with Crippen molar-refractivity contribution in [3.05, 3.63) is 60.2 Å². The summed E-state index contributed by atoms with van der Waals surface area (Å²) < 4.78 is 5.51. The highest BCUT2D eigenvalue weighted by Gasteiger charge is 2.19. The number of rotatable bonds is 6. The second-order valence-electron chi connectivity index (χ2n) is 5.37. The molecule has 2 aromatic rings. The Labute approximate surface area is 135 Å². The zero-order chi connectivity index (χ0) is 16.8. The Morgan fingerprint density at radius 2 is 1.65 bits per heavy atom. The number of nitrogens with zero attached hydrogens (tertiary/aromatic N) is 1. The molecule has 0 fully saturated rings. The maximum Gasteiger partial charge on any atom is 0.265 e. The lowest BCUT2D eigenvalue weighted by molar-refractivity contribution is -0.120. The summed E-state index contributed by atoms with van der Waals surface area (Å²) in [4.78, 5) is 25.2. The van der Waals surface area contributed by atoms with Gasteiger partial charge in [0.2, 0.25) is 5.91 Å². The van der Waals surface area contributed by atoms with Crippen LogP contribution in [0.5, 0.6) is 5.75 Å². The van der Waals surface area contributed by atoms with Crippen LogP contribution in [0.25, 0.3) is 0 Å². The fraction of sp³-hybridized carbons (Fsp3) is 0.222. The predicted octanol–water partition coefficient (Wildman–Crippen LogP) is 2.61. The van der Waals surface area contributed by atoms with Crippen LogP contribution in [-0.4, -0.2) is 24.5 Å². The molecule has 0 aliphatic heterocycles. The number of para-hydroxylation sites is 1. The summed E-state index contributed by atoms with van der Waals surface area (Å²) in [5.41, 5.74) is 6.42. The van der Waals surface area contributed by atoms with Crippen molar-refractivity contribution in [2.24, 2.45) is 5.73 Å². The Kier molecular flexibility index (Phi) is 5.36. The summed E-state index contributed by atoms with van der Waals surface area (Å²) in [7, 11) is 0. The molecule has 0 aliphatic carbocycles. The second kappa shape index (κ2) is 7.45. The highest BCUT2D eigenvalue weighted by molar-refractivity contribution is 5.95. The second-order valence-corrected chi connectivity index (χ2v) is 5.37. The van der Waals surface area contributed by atoms with Crippen LogP contribution in [-0.2, 0) is 4.79 Å². The molecule has 0 aliphatic rings. The van der Waals surface area contributed by atoms with Crippen LogP contribution < -0.4 is 15.4 Å². The number of ether oxygens (including phenoxy) is 1. The maximum absolute atomic E-state index is 12.5. The van der Waals surface area contributed by atoms with Crippen molar-refractivity contribution in [1.82, 2.24) is 0 Å². The fourth-order valence-corrected chi connectivity index (χ4v) is 2.25. The summed E-state index contributed by atoms with van der Waals surface area (Å²) in [5.74, 6) is -0.118. The third-order valence-electron chi connectivity index (χ3n) is 3.32. The number of primary amides is 1. The molecule has 120 valence electrons. The molecule has 0 unspecified atom stereocenters. The average Bonchev–Trinajstić information content (AvgIpc) is 2.54. The molecule has 5 nitrogen and oxygen atoms in total. The Bertz CT molecular complexity index is 666. The molecule has 23 heavy (non-hydrogen) atoms. The lowest BCUT2D eigenvalue weighted by atomic mass is 10.2. The minimum Gasteiger partial charge on any atom is -0.484 e. The van der Waals surface area contributed by atoms with Gasteiger partial charge in [-0.1, -0.05) is 18.2 Å². The molecule has 0 atom stereocenters. The molecular formula is C18H20N2O3. The molecule has 2 aromatic carbocycles. The van der Waals surface area contributed by atoms with Gasteiger partial charge in [-0.15, -0.1) is 0 Å². The van der Waals surface area contributed by atoms with Crippen molar-refractivity contribution < 1.29 is 14.3 Å². The summed E-state index contributed by atoms with van der Waals surface area (Å²) in [6.07, 6.45) is 0. The van der Waals surface area contributed by atoms with Crippen LogP contribution in [0.4, 0.5) is 5.69 Å². The Morgan fingerprint density at radius 1 is 1.04 bits per heavy atom. The van der Waals surface area contributed by atoms with Crippen LogP contribution in [0.3, 0.4) is 0 Å². The van der Waals surface area contributed by atoms with Crippen molar-refractivity contribution >= 4 is 17.5 Å². The number of anilines is 1. The Morgan fingerprint density at radius 3 is 2.17 bits per heavy atom. The van der Waals surface area contributed by atoms with E-state index >= 15 is 0 Å². The van der Waals surface area contributed by atoms with Gasteiger partial charge < -0.3 is 15.4 Å². The van der Waals surface area contributed by atoms with E-state index in [0.717, 1.165) is 5.69 Å². The normalized spacial score (nSPS) is 10.4. The van der Waals surface area contributed by atoms with E-state index < -0.39 is 5.91 Å². The SMILES string of the molecule is CC(C)N(C(=O)COc1ccc(C(N)=O)cc1)c1ccccc1. The number of amides is 2. The van der Waals surface area contributed by atoms with E-state index in [1.807, 2.05) is 44.2 Å². The molecule has 0 heterocycles. The van der Waals surface area contributed by atoms with Gasteiger partial charge >= 0.3 is 0 Å². The molecule has 0 saturated heterocycles. The van der Waals surface area contributed by atoms with Gasteiger partial charge in [-0.3, -0.25) is 9.59 Å². The summed E-state index contributed by atoms with van der Waals surface area (Å²) >= 11 is 0. The van der Waals surface area contributed by atoms with Crippen molar-refractivity contribution in [2.45, 2.75) is 19.9 Å². The first-order valence-corrected chi connectivity index (χ1v) is 7.39. The van der Waals surface area contributed by atoms with Gasteiger partial charge in [0.15, 0.2) is 6.61 Å². The van der Waals surface area contributed by atoms with Crippen LogP contribution in [0, 0.1) is 0 Å². The molecular weight excluding hydrogens is 292 g/mol. The summed E-state index contributed by atoms with van der Waals surface area (Å²) in [6.45, 7) is 3.82. The number of hydrogen-bond acceptors (Lipinski definition) is 3. The Hall–Kier alpha value is -2.82. The highest BCUT2D eigenvalue weighted by atomic mass is 16.5. The first-order valence-electron chi connectivity index (χ1n) is 7.39. The molecule has 2 rings (SSSR count). The van der Waals surface area contributed by atoms with E-state index in [1.165, 1.54) is 0 Å². The van der Waals surface area contributed by atoms with Gasteiger partial charge in [-0.05, 0) is 50.2 Å². The molecule has 2 amide bonds. The molecule has 0 aromatic heterocycles. The minimum absolute atomic E-state index is 0.0192. The van der Waals surface area contributed by atoms with Crippen LogP contribution in [0.15, 0.2) is 54.6 Å². The molecule has 2 N–H and O–H groups in total. The first kappa shape index (κ1) is 16.5. The van der Waals surface area contributed by atoms with Crippen molar-refractivity contribution in [3.8, 4) is 5.75 Å².